The summed E-state index contributed by atoms with van der Waals surface area (Å²) in [6, 6.07) is 5.79. The molecule has 0 aliphatic heterocycles. The molecule has 0 aromatic heterocycles. The summed E-state index contributed by atoms with van der Waals surface area (Å²) in [4.78, 5) is 0. The lowest BCUT2D eigenvalue weighted by atomic mass is 9.97. The molecule has 1 fully saturated rings. The zero-order valence-corrected chi connectivity index (χ0v) is 9.40. The van der Waals surface area contributed by atoms with E-state index in [9.17, 15) is 5.11 Å². The quantitative estimate of drug-likeness (QED) is 0.867. The number of aliphatic hydroxyl groups excluding tert-OH is 1. The van der Waals surface area contributed by atoms with Gasteiger partial charge in [0.25, 0.3) is 0 Å². The molecule has 1 aliphatic rings. The molecule has 1 aromatic rings. The number of aliphatic hydroxyl groups is 1. The van der Waals surface area contributed by atoms with Gasteiger partial charge in [0, 0.05) is 14.9 Å². The number of hydrogen-bond acceptors (Lipinski definition) is 1. The minimum atomic E-state index is -0.0408. The summed E-state index contributed by atoms with van der Waals surface area (Å²) < 4.78 is 1.02. The number of hydrogen-bond donors (Lipinski definition) is 1. The lowest BCUT2D eigenvalue weighted by Gasteiger charge is -2.14. The third-order valence-corrected chi connectivity index (χ3v) is 3.48. The molecule has 0 radical (unpaired) electrons. The van der Waals surface area contributed by atoms with Crippen LogP contribution in [0, 0.1) is 0 Å². The van der Waals surface area contributed by atoms with Gasteiger partial charge in [0.05, 0.1) is 6.61 Å². The Labute approximate surface area is 90.9 Å². The molecule has 0 heterocycles. The van der Waals surface area contributed by atoms with Crippen molar-refractivity contribution in [1.29, 1.82) is 0 Å². The zero-order valence-electron chi connectivity index (χ0n) is 7.06. The standard InChI is InChI=1S/C10H10BrClO/c11-7-1-2-9(12)8(5-7)10(6-13)3-4-10/h1-2,5,13H,3-4,6H2. The molecular formula is C10H10BrClO. The summed E-state index contributed by atoms with van der Waals surface area (Å²) >= 11 is 9.47. The summed E-state index contributed by atoms with van der Waals surface area (Å²) in [5.41, 5.74) is 1.03. The van der Waals surface area contributed by atoms with Crippen LogP contribution < -0.4 is 0 Å². The molecule has 70 valence electrons. The van der Waals surface area contributed by atoms with E-state index in [0.717, 1.165) is 27.9 Å². The monoisotopic (exact) mass is 260 g/mol. The topological polar surface area (TPSA) is 20.2 Å². The average molecular weight is 262 g/mol. The summed E-state index contributed by atoms with van der Waals surface area (Å²) in [5, 5.41) is 10.0. The summed E-state index contributed by atoms with van der Waals surface area (Å²) in [7, 11) is 0. The SMILES string of the molecule is OCC1(c2cc(Br)ccc2Cl)CC1. The maximum atomic E-state index is 9.25. The highest BCUT2D eigenvalue weighted by Crippen LogP contribution is 2.50. The minimum absolute atomic E-state index is 0.0408. The number of benzene rings is 1. The Hall–Kier alpha value is -0.0500. The molecule has 0 unspecified atom stereocenters. The maximum Gasteiger partial charge on any atom is 0.0528 e. The van der Waals surface area contributed by atoms with Crippen LogP contribution in [0.5, 0.6) is 0 Å². The van der Waals surface area contributed by atoms with E-state index in [-0.39, 0.29) is 12.0 Å². The predicted octanol–water partition coefficient (Wildman–Crippen LogP) is 3.13. The zero-order chi connectivity index (χ0) is 9.47. The van der Waals surface area contributed by atoms with Crippen molar-refractivity contribution in [3.63, 3.8) is 0 Å². The van der Waals surface area contributed by atoms with Crippen LogP contribution in [-0.2, 0) is 5.41 Å². The molecular weight excluding hydrogens is 251 g/mol. The molecule has 2 rings (SSSR count). The molecule has 1 nitrogen and oxygen atoms in total. The highest BCUT2D eigenvalue weighted by atomic mass is 79.9. The average Bonchev–Trinajstić information content (AvgIpc) is 2.90. The molecule has 1 N–H and O–H groups in total. The van der Waals surface area contributed by atoms with E-state index < -0.39 is 0 Å². The lowest BCUT2D eigenvalue weighted by Crippen LogP contribution is -2.12. The molecule has 13 heavy (non-hydrogen) atoms. The van der Waals surface area contributed by atoms with Crippen molar-refractivity contribution in [3.05, 3.63) is 33.3 Å². The molecule has 0 atom stereocenters. The van der Waals surface area contributed by atoms with Gasteiger partial charge in [0.2, 0.25) is 0 Å². The predicted molar refractivity (Wildman–Crippen MR) is 57.1 cm³/mol. The fourth-order valence-corrected chi connectivity index (χ4v) is 2.25. The Kier molecular flexibility index (Phi) is 2.39. The molecule has 3 heteroatoms. The molecule has 0 amide bonds. The van der Waals surface area contributed by atoms with Crippen molar-refractivity contribution in [2.45, 2.75) is 18.3 Å². The Morgan fingerprint density at radius 2 is 2.15 bits per heavy atom. The van der Waals surface area contributed by atoms with E-state index in [1.165, 1.54) is 0 Å². The highest BCUT2D eigenvalue weighted by molar-refractivity contribution is 9.10. The molecule has 1 aromatic carbocycles. The van der Waals surface area contributed by atoms with E-state index in [4.69, 9.17) is 11.6 Å². The van der Waals surface area contributed by atoms with Gasteiger partial charge in [-0.3, -0.25) is 0 Å². The van der Waals surface area contributed by atoms with Crippen LogP contribution in [0.15, 0.2) is 22.7 Å². The fraction of sp³-hybridized carbons (Fsp3) is 0.400. The minimum Gasteiger partial charge on any atom is -0.395 e. The lowest BCUT2D eigenvalue weighted by molar-refractivity contribution is 0.255. The maximum absolute atomic E-state index is 9.25. The summed E-state index contributed by atoms with van der Waals surface area (Å²) in [6.45, 7) is 0.198. The van der Waals surface area contributed by atoms with Gasteiger partial charge in [-0.1, -0.05) is 27.5 Å². The molecule has 1 saturated carbocycles. The van der Waals surface area contributed by atoms with Gasteiger partial charge in [-0.05, 0) is 36.6 Å². The van der Waals surface area contributed by atoms with Gasteiger partial charge in [0.1, 0.15) is 0 Å². The Bertz CT molecular complexity index is 334. The first kappa shape index (κ1) is 9.50. The van der Waals surface area contributed by atoms with Crippen molar-refractivity contribution in [2.75, 3.05) is 6.61 Å². The molecule has 0 saturated heterocycles. The van der Waals surface area contributed by atoms with Crippen molar-refractivity contribution in [3.8, 4) is 0 Å². The van der Waals surface area contributed by atoms with E-state index in [1.54, 1.807) is 0 Å². The van der Waals surface area contributed by atoms with Gasteiger partial charge < -0.3 is 5.11 Å². The van der Waals surface area contributed by atoms with E-state index in [2.05, 4.69) is 15.9 Å². The van der Waals surface area contributed by atoms with Crippen LogP contribution in [0.1, 0.15) is 18.4 Å². The van der Waals surface area contributed by atoms with Crippen LogP contribution >= 0.6 is 27.5 Å². The second-order valence-electron chi connectivity index (χ2n) is 3.56. The largest absolute Gasteiger partial charge is 0.395 e. The Balaban J connectivity index is 2.44. The Morgan fingerprint density at radius 1 is 1.46 bits per heavy atom. The fourth-order valence-electron chi connectivity index (χ4n) is 1.57. The van der Waals surface area contributed by atoms with Gasteiger partial charge in [-0.15, -0.1) is 0 Å². The first-order valence-electron chi connectivity index (χ1n) is 4.24. The van der Waals surface area contributed by atoms with Crippen LogP contribution in [-0.4, -0.2) is 11.7 Å². The van der Waals surface area contributed by atoms with Gasteiger partial charge in [-0.25, -0.2) is 0 Å². The van der Waals surface area contributed by atoms with Crippen molar-refractivity contribution in [2.24, 2.45) is 0 Å². The van der Waals surface area contributed by atoms with Gasteiger partial charge >= 0.3 is 0 Å². The number of halogens is 2. The normalized spacial score (nSPS) is 18.7. The summed E-state index contributed by atoms with van der Waals surface area (Å²) in [6.07, 6.45) is 2.08. The first-order chi connectivity index (χ1) is 6.18. The first-order valence-corrected chi connectivity index (χ1v) is 5.41. The molecule has 0 spiro atoms. The highest BCUT2D eigenvalue weighted by Gasteiger charge is 2.44. The van der Waals surface area contributed by atoms with E-state index in [1.807, 2.05) is 18.2 Å². The van der Waals surface area contributed by atoms with Crippen LogP contribution in [0.4, 0.5) is 0 Å². The van der Waals surface area contributed by atoms with Crippen LogP contribution in [0.3, 0.4) is 0 Å². The Morgan fingerprint density at radius 3 is 2.69 bits per heavy atom. The van der Waals surface area contributed by atoms with Crippen molar-refractivity contribution >= 4 is 27.5 Å². The van der Waals surface area contributed by atoms with Gasteiger partial charge in [0.15, 0.2) is 0 Å². The second kappa shape index (κ2) is 3.26. The summed E-state index contributed by atoms with van der Waals surface area (Å²) in [5.74, 6) is 0. The van der Waals surface area contributed by atoms with E-state index in [0.29, 0.717) is 0 Å². The van der Waals surface area contributed by atoms with Crippen LogP contribution in [0.2, 0.25) is 5.02 Å². The third kappa shape index (κ3) is 1.63. The van der Waals surface area contributed by atoms with Crippen molar-refractivity contribution in [1.82, 2.24) is 0 Å². The van der Waals surface area contributed by atoms with Crippen LogP contribution in [0.25, 0.3) is 0 Å². The van der Waals surface area contributed by atoms with Gasteiger partial charge in [-0.2, -0.15) is 0 Å². The molecule has 0 bridgehead atoms. The van der Waals surface area contributed by atoms with E-state index >= 15 is 0 Å². The smallest absolute Gasteiger partial charge is 0.0528 e. The molecule has 1 aliphatic carbocycles. The second-order valence-corrected chi connectivity index (χ2v) is 4.89. The van der Waals surface area contributed by atoms with Crippen molar-refractivity contribution < 1.29 is 5.11 Å². The third-order valence-electron chi connectivity index (χ3n) is 2.66. The number of rotatable bonds is 2.